The van der Waals surface area contributed by atoms with Crippen molar-refractivity contribution in [1.29, 1.82) is 0 Å². The third kappa shape index (κ3) is 8.41. The zero-order valence-corrected chi connectivity index (χ0v) is 17.7. The number of nitrogens with zero attached hydrogens (tertiary/aromatic N) is 1. The van der Waals surface area contributed by atoms with Gasteiger partial charge in [0.25, 0.3) is 0 Å². The van der Waals surface area contributed by atoms with Crippen molar-refractivity contribution in [3.05, 3.63) is 65.7 Å². The van der Waals surface area contributed by atoms with E-state index in [2.05, 4.69) is 10.1 Å². The van der Waals surface area contributed by atoms with Gasteiger partial charge in [0.05, 0.1) is 7.11 Å². The first-order chi connectivity index (χ1) is 14.5. The maximum absolute atomic E-state index is 11.3. The van der Waals surface area contributed by atoms with Gasteiger partial charge in [0.1, 0.15) is 18.4 Å². The number of hydrogen-bond donors (Lipinski definition) is 2. The van der Waals surface area contributed by atoms with Crippen molar-refractivity contribution in [2.75, 3.05) is 26.7 Å². The number of hydrogen-bond acceptors (Lipinski definition) is 6. The molecule has 162 valence electrons. The van der Waals surface area contributed by atoms with E-state index in [1.165, 1.54) is 0 Å². The fourth-order valence-corrected chi connectivity index (χ4v) is 3.13. The molecule has 0 bridgehead atoms. The average Bonchev–Trinajstić information content (AvgIpc) is 2.99. The second kappa shape index (κ2) is 12.8. The summed E-state index contributed by atoms with van der Waals surface area (Å²) in [6.07, 6.45) is 0.644. The van der Waals surface area contributed by atoms with Gasteiger partial charge < -0.3 is 19.9 Å². The van der Waals surface area contributed by atoms with Crippen LogP contribution in [0.15, 0.2) is 54.6 Å². The lowest BCUT2D eigenvalue weighted by molar-refractivity contribution is -0.143. The number of carbonyl (C=O) groups is 2. The Balaban J connectivity index is 0.000000248. The zero-order valence-electron chi connectivity index (χ0n) is 16.9. The van der Waals surface area contributed by atoms with Crippen LogP contribution in [0.5, 0.6) is 5.75 Å². The van der Waals surface area contributed by atoms with Crippen molar-refractivity contribution in [2.24, 2.45) is 0 Å². The van der Waals surface area contributed by atoms with Crippen LogP contribution >= 0.6 is 11.6 Å². The van der Waals surface area contributed by atoms with Gasteiger partial charge in [0, 0.05) is 31.2 Å². The maximum Gasteiger partial charge on any atom is 0.404 e. The first-order valence-corrected chi connectivity index (χ1v) is 10.0. The molecular weight excluding hydrogens is 408 g/mol. The van der Waals surface area contributed by atoms with Crippen molar-refractivity contribution >= 4 is 23.0 Å². The number of halogens is 1. The Morgan fingerprint density at radius 3 is 2.40 bits per heavy atom. The van der Waals surface area contributed by atoms with Crippen LogP contribution in [0, 0.1) is 0 Å². The van der Waals surface area contributed by atoms with Crippen LogP contribution in [-0.4, -0.2) is 54.2 Å². The number of carboxylic acids is 1. The summed E-state index contributed by atoms with van der Waals surface area (Å²) in [4.78, 5) is 23.5. The molecule has 0 spiro atoms. The molecule has 3 rings (SSSR count). The smallest absolute Gasteiger partial charge is 0.404 e. The predicted molar refractivity (Wildman–Crippen MR) is 115 cm³/mol. The summed E-state index contributed by atoms with van der Waals surface area (Å²) in [5, 5.41) is 12.5. The van der Waals surface area contributed by atoms with Crippen molar-refractivity contribution in [2.45, 2.75) is 25.6 Å². The first kappa shape index (κ1) is 23.7. The van der Waals surface area contributed by atoms with Gasteiger partial charge in [-0.15, -0.1) is 0 Å². The molecule has 1 heterocycles. The molecule has 2 aromatic rings. The number of ether oxygens (including phenoxy) is 2. The van der Waals surface area contributed by atoms with Gasteiger partial charge in [-0.1, -0.05) is 42.5 Å². The summed E-state index contributed by atoms with van der Waals surface area (Å²) >= 11 is 4.97. The molecule has 1 saturated heterocycles. The normalized spacial score (nSPS) is 16.5. The van der Waals surface area contributed by atoms with E-state index in [0.29, 0.717) is 13.0 Å². The molecular formula is C22H27ClN2O5. The van der Waals surface area contributed by atoms with E-state index in [0.717, 1.165) is 36.5 Å². The van der Waals surface area contributed by atoms with Gasteiger partial charge in [0.2, 0.25) is 0 Å². The van der Waals surface area contributed by atoms with E-state index in [-0.39, 0.29) is 6.61 Å². The Morgan fingerprint density at radius 2 is 1.80 bits per heavy atom. The molecule has 0 aromatic heterocycles. The minimum atomic E-state index is -0.770. The molecule has 2 aromatic carbocycles. The first-order valence-electron chi connectivity index (χ1n) is 9.66. The molecule has 30 heavy (non-hydrogen) atoms. The SMILES string of the molecule is COc1ccc(CN2CCNCCC2C(=O)O)cc1.O=C(Cl)OCc1ccccc1. The van der Waals surface area contributed by atoms with Crippen molar-refractivity contribution in [1.82, 2.24) is 10.2 Å². The molecule has 0 aliphatic carbocycles. The van der Waals surface area contributed by atoms with Crippen LogP contribution in [0.2, 0.25) is 0 Å². The van der Waals surface area contributed by atoms with Crippen molar-refractivity contribution in [3.63, 3.8) is 0 Å². The van der Waals surface area contributed by atoms with E-state index in [1.54, 1.807) is 7.11 Å². The lowest BCUT2D eigenvalue weighted by Gasteiger charge is -2.26. The summed E-state index contributed by atoms with van der Waals surface area (Å²) in [5.41, 5.74) is 1.27. The summed E-state index contributed by atoms with van der Waals surface area (Å²) in [6, 6.07) is 16.7. The van der Waals surface area contributed by atoms with Crippen LogP contribution < -0.4 is 10.1 Å². The van der Waals surface area contributed by atoms with Crippen LogP contribution in [0.3, 0.4) is 0 Å². The van der Waals surface area contributed by atoms with Gasteiger partial charge in [-0.2, -0.15) is 0 Å². The molecule has 0 amide bonds. The van der Waals surface area contributed by atoms with Crippen LogP contribution in [-0.2, 0) is 22.7 Å². The fraction of sp³-hybridized carbons (Fsp3) is 0.364. The topological polar surface area (TPSA) is 88.1 Å². The Labute approximate surface area is 181 Å². The number of rotatable bonds is 6. The maximum atomic E-state index is 11.3. The van der Waals surface area contributed by atoms with Gasteiger partial charge >= 0.3 is 11.4 Å². The number of carboxylic acid groups (broad SMARTS) is 1. The summed E-state index contributed by atoms with van der Waals surface area (Å²) in [6.45, 7) is 3.24. The fourth-order valence-electron chi connectivity index (χ4n) is 3.07. The van der Waals surface area contributed by atoms with Crippen LogP contribution in [0.1, 0.15) is 17.5 Å². The third-order valence-electron chi connectivity index (χ3n) is 4.64. The zero-order chi connectivity index (χ0) is 21.8. The quantitative estimate of drug-likeness (QED) is 0.672. The second-order valence-electron chi connectivity index (χ2n) is 6.72. The van der Waals surface area contributed by atoms with Gasteiger partial charge in [-0.25, -0.2) is 4.79 Å². The highest BCUT2D eigenvalue weighted by atomic mass is 35.5. The monoisotopic (exact) mass is 434 g/mol. The van der Waals surface area contributed by atoms with E-state index in [1.807, 2.05) is 59.5 Å². The van der Waals surface area contributed by atoms with E-state index in [4.69, 9.17) is 16.3 Å². The largest absolute Gasteiger partial charge is 0.497 e. The van der Waals surface area contributed by atoms with Crippen LogP contribution in [0.4, 0.5) is 4.79 Å². The Hall–Kier alpha value is -2.61. The Kier molecular flexibility index (Phi) is 10.1. The second-order valence-corrected chi connectivity index (χ2v) is 7.03. The molecule has 8 heteroatoms. The molecule has 0 radical (unpaired) electrons. The van der Waals surface area contributed by atoms with Gasteiger partial charge in [0.15, 0.2) is 0 Å². The lowest BCUT2D eigenvalue weighted by Crippen LogP contribution is -2.41. The minimum Gasteiger partial charge on any atom is -0.497 e. The van der Waals surface area contributed by atoms with Crippen molar-refractivity contribution < 1.29 is 24.2 Å². The predicted octanol–water partition coefficient (Wildman–Crippen LogP) is 3.51. The van der Waals surface area contributed by atoms with E-state index in [9.17, 15) is 14.7 Å². The minimum absolute atomic E-state index is 0.239. The van der Waals surface area contributed by atoms with E-state index < -0.39 is 17.4 Å². The Morgan fingerprint density at radius 1 is 1.10 bits per heavy atom. The third-order valence-corrected chi connectivity index (χ3v) is 4.75. The van der Waals surface area contributed by atoms with Crippen molar-refractivity contribution in [3.8, 4) is 5.75 Å². The standard InChI is InChI=1S/C14H20N2O3.C8H7ClO2/c1-19-12-4-2-11(3-5-12)10-16-9-8-15-7-6-13(16)14(17)18;9-8(10)11-6-7-4-2-1-3-5-7/h2-5,13,15H,6-10H2,1H3,(H,17,18);1-5H,6H2. The molecule has 0 saturated carbocycles. The molecule has 1 atom stereocenters. The molecule has 7 nitrogen and oxygen atoms in total. The Bertz CT molecular complexity index is 786. The molecule has 1 fully saturated rings. The molecule has 1 aliphatic rings. The summed E-state index contributed by atoms with van der Waals surface area (Å²) in [7, 11) is 1.63. The highest BCUT2D eigenvalue weighted by Crippen LogP contribution is 2.16. The molecule has 2 N–H and O–H groups in total. The lowest BCUT2D eigenvalue weighted by atomic mass is 10.1. The van der Waals surface area contributed by atoms with Gasteiger partial charge in [-0.05, 0) is 36.2 Å². The number of carbonyl (C=O) groups excluding carboxylic acids is 1. The summed E-state index contributed by atoms with van der Waals surface area (Å²) in [5.74, 6) is 0.0771. The van der Waals surface area contributed by atoms with E-state index >= 15 is 0 Å². The van der Waals surface area contributed by atoms with Gasteiger partial charge in [-0.3, -0.25) is 9.69 Å². The highest BCUT2D eigenvalue weighted by molar-refractivity contribution is 6.61. The number of methoxy groups -OCH3 is 1. The summed E-state index contributed by atoms with van der Waals surface area (Å²) < 4.78 is 9.68. The molecule has 1 aliphatic heterocycles. The average molecular weight is 435 g/mol. The van der Waals surface area contributed by atoms with Crippen LogP contribution in [0.25, 0.3) is 0 Å². The number of aliphatic carboxylic acids is 1. The highest BCUT2D eigenvalue weighted by Gasteiger charge is 2.26. The number of nitrogens with one attached hydrogen (secondary N) is 1. The number of benzene rings is 2. The molecule has 1 unspecified atom stereocenters.